The second-order valence-electron chi connectivity index (χ2n) is 7.95. The van der Waals surface area contributed by atoms with Crippen molar-refractivity contribution in [1.29, 1.82) is 0 Å². The lowest BCUT2D eigenvalue weighted by molar-refractivity contribution is -0.315. The Balaban J connectivity index is 1.52. The van der Waals surface area contributed by atoms with E-state index in [-0.39, 0.29) is 5.88 Å². The zero-order chi connectivity index (χ0) is 21.8. The summed E-state index contributed by atoms with van der Waals surface area (Å²) in [6.07, 6.45) is 7.54. The Bertz CT molecular complexity index is 1140. The number of allylic oxidation sites excluding steroid dienone is 5. The van der Waals surface area contributed by atoms with Gasteiger partial charge >= 0.3 is 0 Å². The fourth-order valence-electron chi connectivity index (χ4n) is 3.49. The van der Waals surface area contributed by atoms with E-state index in [4.69, 9.17) is 4.74 Å². The number of aromatic nitrogens is 3. The predicted molar refractivity (Wildman–Crippen MR) is 119 cm³/mol. The Labute approximate surface area is 182 Å². The van der Waals surface area contributed by atoms with Crippen LogP contribution in [-0.2, 0) is 12.1 Å². The molecule has 0 saturated carbocycles. The van der Waals surface area contributed by atoms with E-state index in [0.717, 1.165) is 22.4 Å². The highest BCUT2D eigenvalue weighted by molar-refractivity contribution is 5.86. The first kappa shape index (κ1) is 20.5. The number of nitrogens with zero attached hydrogens (tertiary/aromatic N) is 3. The van der Waals surface area contributed by atoms with Crippen molar-refractivity contribution in [2.45, 2.75) is 25.9 Å². The lowest BCUT2D eigenvalue weighted by atomic mass is 9.98. The third-order valence-corrected chi connectivity index (χ3v) is 5.25. The molecule has 1 aromatic heterocycles. The van der Waals surface area contributed by atoms with Crippen molar-refractivity contribution >= 4 is 5.57 Å². The van der Waals surface area contributed by atoms with E-state index in [1.165, 1.54) is 0 Å². The molecule has 2 aromatic carbocycles. The van der Waals surface area contributed by atoms with Crippen LogP contribution in [0.4, 0.5) is 0 Å². The first-order valence-electron chi connectivity index (χ1n) is 10.1. The van der Waals surface area contributed by atoms with Crippen molar-refractivity contribution in [3.05, 3.63) is 107 Å². The summed E-state index contributed by atoms with van der Waals surface area (Å²) in [7, 11) is 1.63. The third kappa shape index (κ3) is 4.53. The highest BCUT2D eigenvalue weighted by Gasteiger charge is 2.24. The SMILES string of the molecule is COc1ccc(C2=CC=C/C2=C(\[O-])NC(C)(C)c2cn(Cc3ccccc3)nn2)cc1. The summed E-state index contributed by atoms with van der Waals surface area (Å²) in [5.41, 5.74) is 3.62. The molecule has 0 unspecified atom stereocenters. The van der Waals surface area contributed by atoms with Gasteiger partial charge in [0.05, 0.1) is 25.4 Å². The van der Waals surface area contributed by atoms with Gasteiger partial charge in [0.1, 0.15) is 11.4 Å². The van der Waals surface area contributed by atoms with Gasteiger partial charge < -0.3 is 15.2 Å². The van der Waals surface area contributed by atoms with Crippen LogP contribution < -0.4 is 15.2 Å². The minimum absolute atomic E-state index is 0.154. The van der Waals surface area contributed by atoms with Crippen LogP contribution >= 0.6 is 0 Å². The Hall–Kier alpha value is -3.80. The van der Waals surface area contributed by atoms with Crippen molar-refractivity contribution in [2.24, 2.45) is 0 Å². The molecule has 1 heterocycles. The number of nitrogens with one attached hydrogen (secondary N) is 1. The minimum atomic E-state index is -0.680. The summed E-state index contributed by atoms with van der Waals surface area (Å²) in [6.45, 7) is 4.48. The lowest BCUT2D eigenvalue weighted by Gasteiger charge is -2.31. The van der Waals surface area contributed by atoms with Crippen LogP contribution in [0.15, 0.2) is 90.5 Å². The maximum absolute atomic E-state index is 13.1. The topological polar surface area (TPSA) is 75.0 Å². The standard InChI is InChI=1S/C25H26N4O2/c1-25(2,23-17-29(28-27-23)16-18-8-5-4-6-9-18)26-24(30)22-11-7-10-21(22)19-12-14-20(31-3)15-13-19/h4-15,17,26,30H,16H2,1-3H3/p-1/b24-22+. The molecule has 1 aliphatic rings. The molecule has 0 fully saturated rings. The van der Waals surface area contributed by atoms with E-state index in [9.17, 15) is 5.11 Å². The summed E-state index contributed by atoms with van der Waals surface area (Å²) < 4.78 is 7.01. The fourth-order valence-corrected chi connectivity index (χ4v) is 3.49. The van der Waals surface area contributed by atoms with Crippen molar-refractivity contribution in [1.82, 2.24) is 20.3 Å². The van der Waals surface area contributed by atoms with Crippen LogP contribution in [0, 0.1) is 0 Å². The van der Waals surface area contributed by atoms with Crippen LogP contribution in [-0.4, -0.2) is 22.1 Å². The number of hydrogen-bond acceptors (Lipinski definition) is 5. The smallest absolute Gasteiger partial charge is 0.118 e. The number of hydrogen-bond donors (Lipinski definition) is 1. The van der Waals surface area contributed by atoms with E-state index in [2.05, 4.69) is 15.6 Å². The first-order valence-corrected chi connectivity index (χ1v) is 10.1. The van der Waals surface area contributed by atoms with Crippen LogP contribution in [0.3, 0.4) is 0 Å². The molecular formula is C25H25N4O2-. The van der Waals surface area contributed by atoms with Gasteiger partial charge in [-0.25, -0.2) is 4.68 Å². The molecule has 31 heavy (non-hydrogen) atoms. The molecule has 0 bridgehead atoms. The molecule has 0 aliphatic heterocycles. The first-order chi connectivity index (χ1) is 15.0. The molecular weight excluding hydrogens is 388 g/mol. The summed E-state index contributed by atoms with van der Waals surface area (Å²) in [5, 5.41) is 24.8. The van der Waals surface area contributed by atoms with Crippen LogP contribution in [0.1, 0.15) is 30.7 Å². The second kappa shape index (κ2) is 8.52. The van der Waals surface area contributed by atoms with E-state index >= 15 is 0 Å². The minimum Gasteiger partial charge on any atom is -0.860 e. The molecule has 1 aliphatic carbocycles. The van der Waals surface area contributed by atoms with Gasteiger partial charge in [0.15, 0.2) is 0 Å². The van der Waals surface area contributed by atoms with Gasteiger partial charge in [-0.05, 0) is 54.1 Å². The third-order valence-electron chi connectivity index (χ3n) is 5.25. The van der Waals surface area contributed by atoms with Gasteiger partial charge in [-0.3, -0.25) is 0 Å². The Morgan fingerprint density at radius 3 is 2.55 bits per heavy atom. The molecule has 0 saturated heterocycles. The van der Waals surface area contributed by atoms with E-state index in [1.807, 2.05) is 92.9 Å². The maximum Gasteiger partial charge on any atom is 0.118 e. The number of methoxy groups -OCH3 is 1. The lowest BCUT2D eigenvalue weighted by Crippen LogP contribution is -2.41. The highest BCUT2D eigenvalue weighted by Crippen LogP contribution is 2.31. The van der Waals surface area contributed by atoms with E-state index < -0.39 is 5.54 Å². The molecule has 1 N–H and O–H groups in total. The average Bonchev–Trinajstić information content (AvgIpc) is 3.45. The van der Waals surface area contributed by atoms with E-state index in [0.29, 0.717) is 17.8 Å². The molecule has 3 aromatic rings. The van der Waals surface area contributed by atoms with Crippen LogP contribution in [0.5, 0.6) is 5.75 Å². The molecule has 0 spiro atoms. The van der Waals surface area contributed by atoms with Gasteiger partial charge in [0.25, 0.3) is 0 Å². The van der Waals surface area contributed by atoms with Crippen molar-refractivity contribution in [3.63, 3.8) is 0 Å². The van der Waals surface area contributed by atoms with Gasteiger partial charge in [0.2, 0.25) is 0 Å². The van der Waals surface area contributed by atoms with Crippen molar-refractivity contribution in [2.75, 3.05) is 7.11 Å². The molecule has 0 amide bonds. The quantitative estimate of drug-likeness (QED) is 0.601. The number of benzene rings is 2. The van der Waals surface area contributed by atoms with Crippen molar-refractivity contribution in [3.8, 4) is 5.75 Å². The molecule has 0 radical (unpaired) electrons. The van der Waals surface area contributed by atoms with Gasteiger partial charge in [-0.15, -0.1) is 5.10 Å². The zero-order valence-electron chi connectivity index (χ0n) is 17.9. The number of ether oxygens (including phenoxy) is 1. The van der Waals surface area contributed by atoms with Crippen molar-refractivity contribution < 1.29 is 9.84 Å². The summed E-state index contributed by atoms with van der Waals surface area (Å²) in [5.74, 6) is 0.624. The maximum atomic E-state index is 13.1. The van der Waals surface area contributed by atoms with Gasteiger partial charge in [-0.2, -0.15) is 0 Å². The zero-order valence-corrected chi connectivity index (χ0v) is 17.9. The largest absolute Gasteiger partial charge is 0.860 e. The Morgan fingerprint density at radius 1 is 1.10 bits per heavy atom. The molecule has 158 valence electrons. The second-order valence-corrected chi connectivity index (χ2v) is 7.95. The Morgan fingerprint density at radius 2 is 1.84 bits per heavy atom. The fraction of sp³-hybridized carbons (Fsp3) is 0.200. The van der Waals surface area contributed by atoms with E-state index in [1.54, 1.807) is 11.8 Å². The summed E-state index contributed by atoms with van der Waals surface area (Å²) in [6, 6.07) is 17.7. The number of rotatable bonds is 7. The summed E-state index contributed by atoms with van der Waals surface area (Å²) in [4.78, 5) is 0. The normalized spacial score (nSPS) is 15.0. The molecule has 6 heteroatoms. The summed E-state index contributed by atoms with van der Waals surface area (Å²) >= 11 is 0. The molecule has 6 nitrogen and oxygen atoms in total. The average molecular weight is 414 g/mol. The molecule has 0 atom stereocenters. The van der Waals surface area contributed by atoms with Crippen LogP contribution in [0.2, 0.25) is 0 Å². The van der Waals surface area contributed by atoms with Gasteiger partial charge in [-0.1, -0.05) is 65.9 Å². The highest BCUT2D eigenvalue weighted by atomic mass is 16.5. The molecule has 4 rings (SSSR count). The van der Waals surface area contributed by atoms with Crippen LogP contribution in [0.25, 0.3) is 5.57 Å². The van der Waals surface area contributed by atoms with Gasteiger partial charge in [0, 0.05) is 0 Å². The predicted octanol–water partition coefficient (Wildman–Crippen LogP) is 3.39. The monoisotopic (exact) mass is 413 g/mol. The Kier molecular flexibility index (Phi) is 5.62.